The minimum atomic E-state index is -4.96. The second-order valence-electron chi connectivity index (χ2n) is 8.40. The lowest BCUT2D eigenvalue weighted by Crippen LogP contribution is -2.27. The lowest BCUT2D eigenvalue weighted by atomic mass is 9.94. The van der Waals surface area contributed by atoms with Gasteiger partial charge in [0.15, 0.2) is 5.65 Å². The highest BCUT2D eigenvalue weighted by Gasteiger charge is 2.38. The molecule has 0 amide bonds. The number of benzene rings is 1. The fraction of sp³-hybridized carbons (Fsp3) is 0.391. The van der Waals surface area contributed by atoms with E-state index in [1.807, 2.05) is 6.92 Å². The molecule has 0 bridgehead atoms. The average molecular weight is 480 g/mol. The number of ketones is 1. The van der Waals surface area contributed by atoms with Crippen molar-refractivity contribution in [2.45, 2.75) is 62.6 Å². The number of Topliss-reactive ketones (excluding diaryl/α,β-unsaturated/α-hetero) is 1. The molecule has 33 heavy (non-hydrogen) atoms. The second kappa shape index (κ2) is 8.81. The zero-order valence-corrected chi connectivity index (χ0v) is 18.8. The van der Waals surface area contributed by atoms with Gasteiger partial charge in [-0.2, -0.15) is 13.2 Å². The van der Waals surface area contributed by atoms with Crippen molar-refractivity contribution < 1.29 is 26.4 Å². The van der Waals surface area contributed by atoms with Gasteiger partial charge in [0, 0.05) is 35.8 Å². The molecule has 0 radical (unpaired) electrons. The Kier molecular flexibility index (Phi) is 6.22. The molecule has 1 saturated carbocycles. The van der Waals surface area contributed by atoms with Gasteiger partial charge in [0.1, 0.15) is 0 Å². The Balaban J connectivity index is 1.81. The molecule has 10 heteroatoms. The summed E-state index contributed by atoms with van der Waals surface area (Å²) in [5.74, 6) is -1.87. The van der Waals surface area contributed by atoms with Gasteiger partial charge in [0.2, 0.25) is 5.78 Å². The van der Waals surface area contributed by atoms with E-state index in [-0.39, 0.29) is 22.1 Å². The first kappa shape index (κ1) is 23.3. The highest BCUT2D eigenvalue weighted by molar-refractivity contribution is 7.90. The van der Waals surface area contributed by atoms with Gasteiger partial charge in [0.05, 0.1) is 10.6 Å². The van der Waals surface area contributed by atoms with Crippen molar-refractivity contribution in [3.05, 3.63) is 53.9 Å². The normalized spacial score (nSPS) is 15.6. The Hall–Kier alpha value is -2.88. The maximum Gasteiger partial charge on any atom is 0.450 e. The van der Waals surface area contributed by atoms with Crippen LogP contribution < -0.4 is 5.32 Å². The topological polar surface area (TPSA) is 81.1 Å². The molecule has 0 unspecified atom stereocenters. The Bertz CT molecular complexity index is 1280. The number of rotatable bonds is 6. The first-order chi connectivity index (χ1) is 15.6. The predicted octanol–water partition coefficient (Wildman–Crippen LogP) is 5.00. The molecule has 176 valence electrons. The third kappa shape index (κ3) is 4.75. The van der Waals surface area contributed by atoms with Crippen LogP contribution in [0.15, 0.2) is 47.6 Å². The molecule has 0 spiro atoms. The summed E-state index contributed by atoms with van der Waals surface area (Å²) in [5, 5.41) is 3.66. The number of pyridine rings is 1. The molecule has 3 aromatic rings. The average Bonchev–Trinajstić information content (AvgIpc) is 3.21. The summed E-state index contributed by atoms with van der Waals surface area (Å²) in [6.07, 6.45) is 1.45. The fourth-order valence-electron chi connectivity index (χ4n) is 4.15. The molecule has 6 nitrogen and oxygen atoms in total. The zero-order chi connectivity index (χ0) is 23.8. The maximum atomic E-state index is 13.2. The number of carbonyl (C=O) groups is 1. The number of fused-ring (bicyclic) bond motifs is 1. The Morgan fingerprint density at radius 2 is 1.79 bits per heavy atom. The van der Waals surface area contributed by atoms with Gasteiger partial charge >= 0.3 is 6.18 Å². The van der Waals surface area contributed by atoms with Gasteiger partial charge < -0.3 is 5.32 Å². The van der Waals surface area contributed by atoms with Crippen LogP contribution in [-0.4, -0.2) is 35.4 Å². The van der Waals surface area contributed by atoms with Gasteiger partial charge in [-0.1, -0.05) is 37.0 Å². The number of aromatic nitrogens is 2. The second-order valence-corrected chi connectivity index (χ2v) is 10.2. The molecule has 1 aliphatic rings. The molecule has 1 N–H and O–H groups in total. The maximum absolute atomic E-state index is 13.2. The van der Waals surface area contributed by atoms with E-state index < -0.39 is 28.4 Å². The summed E-state index contributed by atoms with van der Waals surface area (Å²) in [6.45, 7) is 1.84. The van der Waals surface area contributed by atoms with Crippen molar-refractivity contribution in [2.24, 2.45) is 0 Å². The molecule has 2 heterocycles. The SMILES string of the molecule is Cc1ccc(S(=O)(=O)n2ccc3c(NC4CCCCC4)c(CC(=O)C(F)(F)F)cnc32)cc1. The number of alkyl halides is 3. The van der Waals surface area contributed by atoms with Crippen LogP contribution in [0.3, 0.4) is 0 Å². The largest absolute Gasteiger partial charge is 0.450 e. The summed E-state index contributed by atoms with van der Waals surface area (Å²) >= 11 is 0. The number of nitrogens with zero attached hydrogens (tertiary/aromatic N) is 2. The van der Waals surface area contributed by atoms with Crippen LogP contribution in [-0.2, 0) is 21.2 Å². The lowest BCUT2D eigenvalue weighted by Gasteiger charge is -2.25. The molecular weight excluding hydrogens is 455 g/mol. The van der Waals surface area contributed by atoms with E-state index in [1.165, 1.54) is 24.4 Å². The minimum absolute atomic E-state index is 0.0288. The molecule has 0 saturated heterocycles. The Morgan fingerprint density at radius 1 is 1.12 bits per heavy atom. The van der Waals surface area contributed by atoms with Crippen LogP contribution in [0.5, 0.6) is 0 Å². The van der Waals surface area contributed by atoms with Gasteiger partial charge in [-0.25, -0.2) is 17.4 Å². The van der Waals surface area contributed by atoms with Crippen LogP contribution in [0.4, 0.5) is 18.9 Å². The molecule has 0 aliphatic heterocycles. The first-order valence-electron chi connectivity index (χ1n) is 10.7. The van der Waals surface area contributed by atoms with Crippen LogP contribution >= 0.6 is 0 Å². The van der Waals surface area contributed by atoms with Crippen molar-refractivity contribution in [3.8, 4) is 0 Å². The smallest absolute Gasteiger partial charge is 0.381 e. The summed E-state index contributed by atoms with van der Waals surface area (Å²) < 4.78 is 66.3. The highest BCUT2D eigenvalue weighted by Crippen LogP contribution is 2.33. The first-order valence-corrected chi connectivity index (χ1v) is 12.2. The van der Waals surface area contributed by atoms with Gasteiger partial charge in [0.25, 0.3) is 10.0 Å². The number of hydrogen-bond donors (Lipinski definition) is 1. The van der Waals surface area contributed by atoms with Crippen LogP contribution in [0.25, 0.3) is 11.0 Å². The van der Waals surface area contributed by atoms with Crippen LogP contribution in [0, 0.1) is 6.92 Å². The summed E-state index contributed by atoms with van der Waals surface area (Å²) in [7, 11) is -3.97. The molecule has 4 rings (SSSR count). The third-order valence-corrected chi connectivity index (χ3v) is 7.64. The quantitative estimate of drug-likeness (QED) is 0.538. The van der Waals surface area contributed by atoms with Crippen molar-refractivity contribution >= 4 is 32.5 Å². The van der Waals surface area contributed by atoms with Crippen molar-refractivity contribution in [1.29, 1.82) is 0 Å². The van der Waals surface area contributed by atoms with Gasteiger partial charge in [-0.05, 0) is 38.0 Å². The van der Waals surface area contributed by atoms with Crippen molar-refractivity contribution in [1.82, 2.24) is 8.96 Å². The monoisotopic (exact) mass is 479 g/mol. The lowest BCUT2D eigenvalue weighted by molar-refractivity contribution is -0.170. The molecular formula is C23H24F3N3O3S. The number of anilines is 1. The van der Waals surface area contributed by atoms with E-state index in [2.05, 4.69) is 10.3 Å². The van der Waals surface area contributed by atoms with E-state index >= 15 is 0 Å². The number of hydrogen-bond acceptors (Lipinski definition) is 5. The van der Waals surface area contributed by atoms with E-state index in [0.717, 1.165) is 47.8 Å². The van der Waals surface area contributed by atoms with Crippen molar-refractivity contribution in [3.63, 3.8) is 0 Å². The zero-order valence-electron chi connectivity index (χ0n) is 18.0. The number of halogens is 3. The summed E-state index contributed by atoms with van der Waals surface area (Å²) in [4.78, 5) is 15.9. The fourth-order valence-corrected chi connectivity index (χ4v) is 5.45. The van der Waals surface area contributed by atoms with Gasteiger partial charge in [-0.15, -0.1) is 0 Å². The molecule has 2 aromatic heterocycles. The minimum Gasteiger partial charge on any atom is -0.381 e. The molecule has 1 aromatic carbocycles. The Labute approximate surface area is 189 Å². The van der Waals surface area contributed by atoms with Crippen molar-refractivity contribution in [2.75, 3.05) is 5.32 Å². The highest BCUT2D eigenvalue weighted by atomic mass is 32.2. The van der Waals surface area contributed by atoms with E-state index in [0.29, 0.717) is 11.1 Å². The molecule has 0 atom stereocenters. The van der Waals surface area contributed by atoms with Crippen LogP contribution in [0.1, 0.15) is 43.2 Å². The van der Waals surface area contributed by atoms with Gasteiger partial charge in [-0.3, -0.25) is 4.79 Å². The molecule has 1 fully saturated rings. The molecule has 1 aliphatic carbocycles. The summed E-state index contributed by atoms with van der Waals surface area (Å²) in [5.41, 5.74) is 1.43. The van der Waals surface area contributed by atoms with E-state index in [1.54, 1.807) is 12.1 Å². The Morgan fingerprint density at radius 3 is 2.42 bits per heavy atom. The summed E-state index contributed by atoms with van der Waals surface area (Å²) in [6, 6.07) is 7.90. The van der Waals surface area contributed by atoms with Crippen LogP contribution in [0.2, 0.25) is 0 Å². The number of aryl methyl sites for hydroxylation is 1. The third-order valence-electron chi connectivity index (χ3n) is 5.96. The van der Waals surface area contributed by atoms with E-state index in [4.69, 9.17) is 0 Å². The van der Waals surface area contributed by atoms with E-state index in [9.17, 15) is 26.4 Å². The standard InChI is InChI=1S/C23H24F3N3O3S/c1-15-7-9-18(10-8-15)33(31,32)29-12-11-19-21(28-17-5-3-2-4-6-17)16(14-27-22(19)29)13-20(30)23(24,25)26/h7-12,14,17H,2-6,13H2,1H3,(H,27,28). The number of nitrogens with one attached hydrogen (secondary N) is 1. The predicted molar refractivity (Wildman–Crippen MR) is 119 cm³/mol. The number of carbonyl (C=O) groups excluding carboxylic acids is 1.